The molecule has 0 atom stereocenters. The van der Waals surface area contributed by atoms with Gasteiger partial charge in [-0.2, -0.15) is 0 Å². The average molecular weight is 285 g/mol. The molecule has 3 rings (SSSR count). The lowest BCUT2D eigenvalue weighted by Crippen LogP contribution is -2.11. The number of hydrogen-bond donors (Lipinski definition) is 2. The molecule has 6 heteroatoms. The van der Waals surface area contributed by atoms with Crippen LogP contribution in [0, 0.1) is 0 Å². The standard InChI is InChI=1S/C14H11N3O2S/c1-15-14(20)17-16-11-10-6-7-19-13(10)9-5-3-2-4-8(9)12(11)18/h2-7,18H,1H3,(H,15,20). The van der Waals surface area contributed by atoms with E-state index in [1.807, 2.05) is 24.3 Å². The smallest absolute Gasteiger partial charge is 0.213 e. The topological polar surface area (TPSA) is 70.1 Å². The zero-order valence-corrected chi connectivity index (χ0v) is 11.4. The summed E-state index contributed by atoms with van der Waals surface area (Å²) in [6.45, 7) is 0. The van der Waals surface area contributed by atoms with E-state index >= 15 is 0 Å². The summed E-state index contributed by atoms with van der Waals surface area (Å²) >= 11 is 4.92. The van der Waals surface area contributed by atoms with Crippen LogP contribution in [0.25, 0.3) is 21.7 Å². The molecule has 0 unspecified atom stereocenters. The number of thiocarbonyl (C=S) groups is 1. The van der Waals surface area contributed by atoms with Crippen LogP contribution in [0.2, 0.25) is 0 Å². The van der Waals surface area contributed by atoms with E-state index in [1.54, 1.807) is 19.4 Å². The zero-order valence-electron chi connectivity index (χ0n) is 10.6. The van der Waals surface area contributed by atoms with Gasteiger partial charge in [-0.25, -0.2) is 0 Å². The number of fused-ring (bicyclic) bond motifs is 3. The summed E-state index contributed by atoms with van der Waals surface area (Å²) in [6, 6.07) is 9.18. The van der Waals surface area contributed by atoms with E-state index in [0.29, 0.717) is 22.0 Å². The minimum atomic E-state index is 0.0668. The average Bonchev–Trinajstić information content (AvgIpc) is 2.96. The molecule has 100 valence electrons. The minimum absolute atomic E-state index is 0.0668. The molecule has 0 spiro atoms. The van der Waals surface area contributed by atoms with Crippen LogP contribution in [0.3, 0.4) is 0 Å². The van der Waals surface area contributed by atoms with Crippen LogP contribution >= 0.6 is 12.2 Å². The maximum Gasteiger partial charge on any atom is 0.213 e. The molecule has 0 radical (unpaired) electrons. The van der Waals surface area contributed by atoms with Crippen LogP contribution in [-0.2, 0) is 0 Å². The van der Waals surface area contributed by atoms with Gasteiger partial charge in [0.1, 0.15) is 11.3 Å². The number of benzene rings is 2. The fourth-order valence-corrected chi connectivity index (χ4v) is 2.13. The number of nitrogens with one attached hydrogen (secondary N) is 1. The highest BCUT2D eigenvalue weighted by Gasteiger charge is 2.15. The highest BCUT2D eigenvalue weighted by Crippen LogP contribution is 2.43. The van der Waals surface area contributed by atoms with E-state index in [2.05, 4.69) is 15.5 Å². The van der Waals surface area contributed by atoms with Crippen molar-refractivity contribution < 1.29 is 9.52 Å². The molecular formula is C14H11N3O2S. The van der Waals surface area contributed by atoms with Gasteiger partial charge in [-0.15, -0.1) is 10.2 Å². The number of nitrogens with zero attached hydrogens (tertiary/aromatic N) is 2. The molecule has 1 aromatic heterocycles. The number of furan rings is 1. The van der Waals surface area contributed by atoms with Gasteiger partial charge in [-0.05, 0) is 18.3 Å². The summed E-state index contributed by atoms with van der Waals surface area (Å²) < 4.78 is 5.50. The highest BCUT2D eigenvalue weighted by atomic mass is 32.1. The van der Waals surface area contributed by atoms with Gasteiger partial charge in [0.15, 0.2) is 5.75 Å². The second kappa shape index (κ2) is 4.90. The quantitative estimate of drug-likeness (QED) is 0.526. The Morgan fingerprint density at radius 3 is 2.70 bits per heavy atom. The van der Waals surface area contributed by atoms with E-state index in [-0.39, 0.29) is 10.9 Å². The van der Waals surface area contributed by atoms with Gasteiger partial charge in [0.25, 0.3) is 0 Å². The van der Waals surface area contributed by atoms with Gasteiger partial charge < -0.3 is 14.8 Å². The van der Waals surface area contributed by atoms with Crippen LogP contribution in [-0.4, -0.2) is 17.3 Å². The molecule has 0 fully saturated rings. The van der Waals surface area contributed by atoms with E-state index in [0.717, 1.165) is 5.39 Å². The zero-order chi connectivity index (χ0) is 14.1. The molecule has 2 aromatic carbocycles. The van der Waals surface area contributed by atoms with E-state index < -0.39 is 0 Å². The molecule has 0 aliphatic carbocycles. The van der Waals surface area contributed by atoms with Gasteiger partial charge in [-0.1, -0.05) is 24.3 Å². The highest BCUT2D eigenvalue weighted by molar-refractivity contribution is 7.80. The summed E-state index contributed by atoms with van der Waals surface area (Å²) in [5.74, 6) is 0.0668. The number of hydrogen-bond acceptors (Lipinski definition) is 4. The lowest BCUT2D eigenvalue weighted by Gasteiger charge is -2.05. The first-order valence-electron chi connectivity index (χ1n) is 5.96. The van der Waals surface area contributed by atoms with E-state index in [1.165, 1.54) is 0 Å². The van der Waals surface area contributed by atoms with Gasteiger partial charge in [0.05, 0.1) is 11.6 Å². The molecule has 1 heterocycles. The summed E-state index contributed by atoms with van der Waals surface area (Å²) in [7, 11) is 1.66. The molecule has 0 amide bonds. The lowest BCUT2D eigenvalue weighted by atomic mass is 10.1. The van der Waals surface area contributed by atoms with Crippen LogP contribution in [0.5, 0.6) is 5.75 Å². The first-order chi connectivity index (χ1) is 9.72. The summed E-state index contributed by atoms with van der Waals surface area (Å²) in [5.41, 5.74) is 1.02. The predicted octanol–water partition coefficient (Wildman–Crippen LogP) is 3.88. The summed E-state index contributed by atoms with van der Waals surface area (Å²) in [4.78, 5) is 0. The molecule has 2 N–H and O–H groups in total. The molecule has 0 saturated carbocycles. The Labute approximate surface area is 119 Å². The Hall–Kier alpha value is -2.47. The Bertz CT molecular complexity index is 839. The van der Waals surface area contributed by atoms with Gasteiger partial charge in [0.2, 0.25) is 5.11 Å². The van der Waals surface area contributed by atoms with E-state index in [9.17, 15) is 5.11 Å². The Morgan fingerprint density at radius 1 is 1.20 bits per heavy atom. The van der Waals surface area contributed by atoms with Crippen molar-refractivity contribution in [1.82, 2.24) is 5.32 Å². The van der Waals surface area contributed by atoms with Crippen LogP contribution in [0.4, 0.5) is 5.69 Å². The number of rotatable bonds is 1. The SMILES string of the molecule is CNC(=S)N=Nc1c(O)c2ccccc2c2occc12. The number of phenols is 1. The largest absolute Gasteiger partial charge is 0.505 e. The maximum atomic E-state index is 10.4. The van der Waals surface area contributed by atoms with Crippen molar-refractivity contribution in [3.05, 3.63) is 36.6 Å². The number of azo groups is 1. The third kappa shape index (κ3) is 1.90. The second-order valence-electron chi connectivity index (χ2n) is 4.16. The molecule has 5 nitrogen and oxygen atoms in total. The molecule has 0 aliphatic heterocycles. The van der Waals surface area contributed by atoms with Crippen molar-refractivity contribution in [2.24, 2.45) is 10.2 Å². The fourth-order valence-electron chi connectivity index (χ4n) is 2.09. The van der Waals surface area contributed by atoms with Crippen LogP contribution in [0.1, 0.15) is 0 Å². The van der Waals surface area contributed by atoms with E-state index in [4.69, 9.17) is 16.6 Å². The lowest BCUT2D eigenvalue weighted by molar-refractivity contribution is 0.483. The second-order valence-corrected chi connectivity index (χ2v) is 4.55. The third-order valence-corrected chi connectivity index (χ3v) is 3.31. The Kier molecular flexibility index (Phi) is 3.08. The van der Waals surface area contributed by atoms with Crippen LogP contribution in [0.15, 0.2) is 51.2 Å². The number of aromatic hydroxyl groups is 1. The van der Waals surface area contributed by atoms with Crippen molar-refractivity contribution in [3.8, 4) is 5.75 Å². The first-order valence-corrected chi connectivity index (χ1v) is 6.37. The van der Waals surface area contributed by atoms with Crippen molar-refractivity contribution in [1.29, 1.82) is 0 Å². The normalized spacial score (nSPS) is 11.4. The molecule has 0 aliphatic rings. The minimum Gasteiger partial charge on any atom is -0.505 e. The molecule has 20 heavy (non-hydrogen) atoms. The summed E-state index contributed by atoms with van der Waals surface area (Å²) in [6.07, 6.45) is 1.56. The third-order valence-electron chi connectivity index (χ3n) is 3.03. The van der Waals surface area contributed by atoms with Crippen molar-refractivity contribution in [2.45, 2.75) is 0 Å². The molecule has 0 bridgehead atoms. The maximum absolute atomic E-state index is 10.4. The van der Waals surface area contributed by atoms with Crippen molar-refractivity contribution in [2.75, 3.05) is 7.05 Å². The molecular weight excluding hydrogens is 274 g/mol. The molecule has 0 saturated heterocycles. The van der Waals surface area contributed by atoms with Crippen LogP contribution < -0.4 is 5.32 Å². The first kappa shape index (κ1) is 12.6. The van der Waals surface area contributed by atoms with Gasteiger partial charge >= 0.3 is 0 Å². The molecule has 3 aromatic rings. The fraction of sp³-hybridized carbons (Fsp3) is 0.0714. The monoisotopic (exact) mass is 285 g/mol. The van der Waals surface area contributed by atoms with Gasteiger partial charge in [0, 0.05) is 17.8 Å². The Morgan fingerprint density at radius 2 is 1.95 bits per heavy atom. The number of phenolic OH excluding ortho intramolecular Hbond substituents is 1. The predicted molar refractivity (Wildman–Crippen MR) is 81.6 cm³/mol. The van der Waals surface area contributed by atoms with Crippen molar-refractivity contribution >= 4 is 44.8 Å². The Balaban J connectivity index is 2.34. The summed E-state index contributed by atoms with van der Waals surface area (Å²) in [5, 5.41) is 23.4. The van der Waals surface area contributed by atoms with Gasteiger partial charge in [-0.3, -0.25) is 0 Å². The van der Waals surface area contributed by atoms with Crippen molar-refractivity contribution in [3.63, 3.8) is 0 Å².